The van der Waals surface area contributed by atoms with Gasteiger partial charge in [0.15, 0.2) is 11.5 Å². The van der Waals surface area contributed by atoms with E-state index in [2.05, 4.69) is 30.7 Å². The van der Waals surface area contributed by atoms with Crippen LogP contribution in [-0.4, -0.2) is 30.2 Å². The lowest BCUT2D eigenvalue weighted by Gasteiger charge is -2.12. The van der Waals surface area contributed by atoms with Crippen LogP contribution in [0.2, 0.25) is 0 Å². The summed E-state index contributed by atoms with van der Waals surface area (Å²) in [5.74, 6) is -3.21. The highest BCUT2D eigenvalue weighted by Crippen LogP contribution is 2.32. The summed E-state index contributed by atoms with van der Waals surface area (Å²) in [5, 5.41) is 11.6. The molecular formula is C18H12BrF4NO5. The predicted molar refractivity (Wildman–Crippen MR) is 98.5 cm³/mol. The number of carboxylic acids is 1. The van der Waals surface area contributed by atoms with Crippen molar-refractivity contribution in [1.29, 1.82) is 0 Å². The molecule has 154 valence electrons. The van der Waals surface area contributed by atoms with Gasteiger partial charge in [0.05, 0.1) is 11.3 Å². The number of carboxylic acid groups (broad SMARTS) is 1. The maximum Gasteiger partial charge on any atom is 0.387 e. The Morgan fingerprint density at radius 1 is 1.03 bits per heavy atom. The van der Waals surface area contributed by atoms with Crippen LogP contribution < -0.4 is 14.8 Å². The lowest BCUT2D eigenvalue weighted by Crippen LogP contribution is -2.12. The summed E-state index contributed by atoms with van der Waals surface area (Å²) < 4.78 is 58.2. The van der Waals surface area contributed by atoms with Gasteiger partial charge in [-0.05, 0) is 51.8 Å². The van der Waals surface area contributed by atoms with Gasteiger partial charge < -0.3 is 19.9 Å². The van der Waals surface area contributed by atoms with Gasteiger partial charge in [-0.1, -0.05) is 12.1 Å². The highest BCUT2D eigenvalue weighted by atomic mass is 79.9. The van der Waals surface area contributed by atoms with E-state index in [-0.39, 0.29) is 16.8 Å². The minimum Gasteiger partial charge on any atom is -0.478 e. The number of para-hydroxylation sites is 1. The average Bonchev–Trinajstić information content (AvgIpc) is 2.62. The van der Waals surface area contributed by atoms with Crippen molar-refractivity contribution in [3.8, 4) is 11.5 Å². The number of anilines is 1. The van der Waals surface area contributed by atoms with Crippen molar-refractivity contribution in [3.63, 3.8) is 0 Å². The Bertz CT molecular complexity index is 936. The zero-order chi connectivity index (χ0) is 21.6. The van der Waals surface area contributed by atoms with Crippen LogP contribution in [0.3, 0.4) is 0 Å². The highest BCUT2D eigenvalue weighted by Gasteiger charge is 2.16. The fourth-order valence-corrected chi connectivity index (χ4v) is 2.64. The number of carbonyl (C=O) groups is 2. The molecule has 0 atom stereocenters. The predicted octanol–water partition coefficient (Wildman–Crippen LogP) is 5.00. The zero-order valence-electron chi connectivity index (χ0n) is 14.2. The maximum atomic E-state index is 12.5. The van der Waals surface area contributed by atoms with E-state index in [4.69, 9.17) is 0 Å². The van der Waals surface area contributed by atoms with Crippen molar-refractivity contribution < 1.29 is 41.7 Å². The number of amides is 1. The SMILES string of the molecule is O=C(/C=C/c1ccc(OC(F)F)c(OC(F)F)c1)Nc1c(Br)cccc1C(=O)O. The minimum absolute atomic E-state index is 0.0251. The lowest BCUT2D eigenvalue weighted by molar-refractivity contribution is -0.111. The maximum absolute atomic E-state index is 12.5. The molecule has 0 heterocycles. The van der Waals surface area contributed by atoms with E-state index in [0.29, 0.717) is 4.47 Å². The largest absolute Gasteiger partial charge is 0.478 e. The van der Waals surface area contributed by atoms with E-state index < -0.39 is 36.6 Å². The first kappa shape index (κ1) is 22.2. The number of nitrogens with one attached hydrogen (secondary N) is 1. The van der Waals surface area contributed by atoms with Gasteiger partial charge in [-0.3, -0.25) is 4.79 Å². The first-order valence-electron chi connectivity index (χ1n) is 7.72. The van der Waals surface area contributed by atoms with E-state index in [1.54, 1.807) is 0 Å². The fourth-order valence-electron chi connectivity index (χ4n) is 2.18. The first-order valence-corrected chi connectivity index (χ1v) is 8.51. The van der Waals surface area contributed by atoms with Crippen LogP contribution in [0.4, 0.5) is 23.2 Å². The Balaban J connectivity index is 2.21. The van der Waals surface area contributed by atoms with Gasteiger partial charge >= 0.3 is 19.2 Å². The molecule has 0 aliphatic carbocycles. The van der Waals surface area contributed by atoms with Gasteiger partial charge in [0, 0.05) is 10.5 Å². The number of hydrogen-bond donors (Lipinski definition) is 2. The van der Waals surface area contributed by atoms with Crippen molar-refractivity contribution >= 4 is 39.6 Å². The van der Waals surface area contributed by atoms with Gasteiger partial charge in [0.1, 0.15) is 0 Å². The fraction of sp³-hybridized carbons (Fsp3) is 0.111. The molecule has 11 heteroatoms. The quantitative estimate of drug-likeness (QED) is 0.412. The molecule has 1 amide bonds. The lowest BCUT2D eigenvalue weighted by atomic mass is 10.1. The summed E-state index contributed by atoms with van der Waals surface area (Å²) in [6, 6.07) is 7.50. The highest BCUT2D eigenvalue weighted by molar-refractivity contribution is 9.10. The van der Waals surface area contributed by atoms with Gasteiger partial charge in [0.25, 0.3) is 0 Å². The molecule has 0 spiro atoms. The van der Waals surface area contributed by atoms with Crippen molar-refractivity contribution in [2.24, 2.45) is 0 Å². The summed E-state index contributed by atoms with van der Waals surface area (Å²) in [6.45, 7) is -6.52. The topological polar surface area (TPSA) is 84.9 Å². The van der Waals surface area contributed by atoms with Crippen molar-refractivity contribution in [1.82, 2.24) is 0 Å². The van der Waals surface area contributed by atoms with E-state index >= 15 is 0 Å². The summed E-state index contributed by atoms with van der Waals surface area (Å²) in [6.07, 6.45) is 2.19. The van der Waals surface area contributed by atoms with Crippen LogP contribution in [-0.2, 0) is 4.79 Å². The number of alkyl halides is 4. The Morgan fingerprint density at radius 2 is 1.69 bits per heavy atom. The molecule has 0 unspecified atom stereocenters. The molecule has 0 aromatic heterocycles. The van der Waals surface area contributed by atoms with Gasteiger partial charge in [-0.15, -0.1) is 0 Å². The van der Waals surface area contributed by atoms with Gasteiger partial charge in [-0.25, -0.2) is 4.79 Å². The molecule has 2 aromatic rings. The van der Waals surface area contributed by atoms with Crippen LogP contribution in [0.25, 0.3) is 6.08 Å². The third kappa shape index (κ3) is 6.49. The van der Waals surface area contributed by atoms with Crippen LogP contribution in [0.5, 0.6) is 11.5 Å². The molecule has 0 saturated carbocycles. The van der Waals surface area contributed by atoms with Crippen LogP contribution in [0.15, 0.2) is 46.9 Å². The molecule has 2 N–H and O–H groups in total. The molecule has 0 aliphatic heterocycles. The van der Waals surface area contributed by atoms with Crippen LogP contribution in [0.1, 0.15) is 15.9 Å². The Hall–Kier alpha value is -3.08. The number of rotatable bonds is 8. The first-order chi connectivity index (χ1) is 13.7. The second kappa shape index (κ2) is 9.92. The number of benzene rings is 2. The summed E-state index contributed by atoms with van der Waals surface area (Å²) in [5.41, 5.74) is 0.0438. The minimum atomic E-state index is -3.28. The van der Waals surface area contributed by atoms with Crippen LogP contribution >= 0.6 is 15.9 Å². The molecular weight excluding hydrogens is 466 g/mol. The second-order valence-electron chi connectivity index (χ2n) is 5.25. The number of carbonyl (C=O) groups excluding carboxylic acids is 1. The molecule has 29 heavy (non-hydrogen) atoms. The number of aromatic carboxylic acids is 1. The standard InChI is InChI=1S/C18H12BrF4NO5/c19-11-3-1-2-10(16(26)27)15(11)24-14(25)7-5-9-4-6-12(28-17(20)21)13(8-9)29-18(22)23/h1-8,17-18H,(H,24,25)(H,26,27)/b7-5+. The molecule has 0 saturated heterocycles. The Labute approximate surface area is 169 Å². The number of ether oxygens (including phenoxy) is 2. The third-order valence-corrected chi connectivity index (χ3v) is 3.98. The number of halogens is 5. The Kier molecular flexibility index (Phi) is 7.59. The van der Waals surface area contributed by atoms with Crippen molar-refractivity contribution in [3.05, 3.63) is 58.1 Å². The smallest absolute Gasteiger partial charge is 0.387 e. The summed E-state index contributed by atoms with van der Waals surface area (Å²) >= 11 is 3.14. The summed E-state index contributed by atoms with van der Waals surface area (Å²) in [7, 11) is 0. The van der Waals surface area contributed by atoms with Gasteiger partial charge in [0.2, 0.25) is 5.91 Å². The Morgan fingerprint density at radius 3 is 2.31 bits per heavy atom. The number of hydrogen-bond acceptors (Lipinski definition) is 4. The van der Waals surface area contributed by atoms with Crippen LogP contribution in [0, 0.1) is 0 Å². The van der Waals surface area contributed by atoms with Crippen molar-refractivity contribution in [2.75, 3.05) is 5.32 Å². The monoisotopic (exact) mass is 477 g/mol. The van der Waals surface area contributed by atoms with Crippen molar-refractivity contribution in [2.45, 2.75) is 13.2 Å². The molecule has 0 fully saturated rings. The van der Waals surface area contributed by atoms with E-state index in [9.17, 15) is 32.3 Å². The molecule has 6 nitrogen and oxygen atoms in total. The molecule has 0 bridgehead atoms. The summed E-state index contributed by atoms with van der Waals surface area (Å²) in [4.78, 5) is 23.3. The molecule has 0 aliphatic rings. The molecule has 2 rings (SSSR count). The molecule has 2 aromatic carbocycles. The van der Waals surface area contributed by atoms with Gasteiger partial charge in [-0.2, -0.15) is 17.6 Å². The average molecular weight is 478 g/mol. The van der Waals surface area contributed by atoms with E-state index in [0.717, 1.165) is 18.2 Å². The third-order valence-electron chi connectivity index (χ3n) is 3.32. The second-order valence-corrected chi connectivity index (χ2v) is 6.11. The van der Waals surface area contributed by atoms with E-state index in [1.165, 1.54) is 30.3 Å². The molecule has 0 radical (unpaired) electrons. The normalized spacial score (nSPS) is 11.1. The van der Waals surface area contributed by atoms with E-state index in [1.807, 2.05) is 0 Å². The zero-order valence-corrected chi connectivity index (χ0v) is 15.8.